The van der Waals surface area contributed by atoms with Crippen LogP contribution in [0.3, 0.4) is 0 Å². The summed E-state index contributed by atoms with van der Waals surface area (Å²) >= 11 is 0. The predicted molar refractivity (Wildman–Crippen MR) is 136 cm³/mol. The van der Waals surface area contributed by atoms with Crippen molar-refractivity contribution in [2.45, 2.75) is 37.0 Å². The Hall–Kier alpha value is -3.64. The second-order valence-electron chi connectivity index (χ2n) is 8.30. The molecule has 174 valence electrons. The van der Waals surface area contributed by atoms with E-state index in [0.29, 0.717) is 16.6 Å². The lowest BCUT2D eigenvalue weighted by Gasteiger charge is -2.14. The van der Waals surface area contributed by atoms with E-state index in [0.717, 1.165) is 48.6 Å². The van der Waals surface area contributed by atoms with Crippen molar-refractivity contribution in [3.8, 4) is 0 Å². The zero-order valence-electron chi connectivity index (χ0n) is 18.8. The van der Waals surface area contributed by atoms with Crippen LogP contribution in [0.15, 0.2) is 95.9 Å². The quantitative estimate of drug-likeness (QED) is 0.265. The summed E-state index contributed by atoms with van der Waals surface area (Å²) in [4.78, 5) is 11.2. The van der Waals surface area contributed by atoms with Crippen molar-refractivity contribution in [1.29, 1.82) is 0 Å². The number of carbonyl (C=O) groups is 1. The molecule has 0 aromatic heterocycles. The highest BCUT2D eigenvalue weighted by Gasteiger charge is 2.18. The summed E-state index contributed by atoms with van der Waals surface area (Å²) in [6.07, 6.45) is 4.56. The van der Waals surface area contributed by atoms with Gasteiger partial charge in [0.1, 0.15) is 0 Å². The fourth-order valence-corrected chi connectivity index (χ4v) is 5.43. The highest BCUT2D eigenvalue weighted by Crippen LogP contribution is 2.27. The molecule has 34 heavy (non-hydrogen) atoms. The molecule has 4 rings (SSSR count). The van der Waals surface area contributed by atoms with Gasteiger partial charge in [-0.2, -0.15) is 0 Å². The highest BCUT2D eigenvalue weighted by molar-refractivity contribution is 7.93. The molecule has 0 atom stereocenters. The van der Waals surface area contributed by atoms with Crippen LogP contribution in [-0.4, -0.2) is 19.5 Å². The molecule has 0 saturated carbocycles. The number of hydrogen-bond acceptors (Lipinski definition) is 3. The third kappa shape index (κ3) is 5.64. The van der Waals surface area contributed by atoms with Crippen LogP contribution in [-0.2, 0) is 22.9 Å². The first-order valence-corrected chi connectivity index (χ1v) is 12.8. The van der Waals surface area contributed by atoms with Gasteiger partial charge in [-0.05, 0) is 66.5 Å². The number of carboxylic acid groups (broad SMARTS) is 1. The van der Waals surface area contributed by atoms with Crippen molar-refractivity contribution in [3.63, 3.8) is 0 Å². The molecule has 0 spiro atoms. The number of unbranched alkanes of at least 4 members (excludes halogenated alkanes) is 2. The Morgan fingerprint density at radius 3 is 2.21 bits per heavy atom. The van der Waals surface area contributed by atoms with Crippen molar-refractivity contribution < 1.29 is 18.3 Å². The van der Waals surface area contributed by atoms with Gasteiger partial charge in [0, 0.05) is 5.39 Å². The number of anilines is 1. The first kappa shape index (κ1) is 23.5. The number of rotatable bonds is 10. The zero-order valence-corrected chi connectivity index (χ0v) is 19.6. The van der Waals surface area contributed by atoms with Gasteiger partial charge in [-0.3, -0.25) is 4.72 Å². The van der Waals surface area contributed by atoms with Crippen LogP contribution in [0.1, 0.15) is 40.7 Å². The normalized spacial score (nSPS) is 11.4. The van der Waals surface area contributed by atoms with Crippen molar-refractivity contribution in [3.05, 3.63) is 108 Å². The Balaban J connectivity index is 1.37. The fraction of sp³-hybridized carbons (Fsp3) is 0.179. The van der Waals surface area contributed by atoms with E-state index in [9.17, 15) is 13.2 Å². The molecule has 0 radical (unpaired) electrons. The topological polar surface area (TPSA) is 83.5 Å². The van der Waals surface area contributed by atoms with Crippen LogP contribution >= 0.6 is 0 Å². The summed E-state index contributed by atoms with van der Waals surface area (Å²) in [6.45, 7) is 0. The summed E-state index contributed by atoms with van der Waals surface area (Å²) in [5.41, 5.74) is 3.00. The second-order valence-corrected chi connectivity index (χ2v) is 9.95. The molecule has 2 N–H and O–H groups in total. The molecule has 6 heteroatoms. The monoisotopic (exact) mass is 473 g/mol. The molecule has 0 unspecified atom stereocenters. The van der Waals surface area contributed by atoms with Gasteiger partial charge >= 0.3 is 5.97 Å². The van der Waals surface area contributed by atoms with Crippen LogP contribution < -0.4 is 4.72 Å². The zero-order chi connectivity index (χ0) is 24.0. The maximum atomic E-state index is 13.2. The van der Waals surface area contributed by atoms with Crippen LogP contribution in [0, 0.1) is 0 Å². The van der Waals surface area contributed by atoms with Gasteiger partial charge in [0.2, 0.25) is 0 Å². The summed E-state index contributed by atoms with van der Waals surface area (Å²) in [5.74, 6) is -0.915. The van der Waals surface area contributed by atoms with Gasteiger partial charge in [-0.25, -0.2) is 13.2 Å². The average molecular weight is 474 g/mol. The van der Waals surface area contributed by atoms with Gasteiger partial charge in [0.25, 0.3) is 10.0 Å². The molecular weight excluding hydrogens is 446 g/mol. The lowest BCUT2D eigenvalue weighted by atomic mass is 10.0. The lowest BCUT2D eigenvalue weighted by Crippen LogP contribution is -2.14. The first-order chi connectivity index (χ1) is 16.4. The smallest absolute Gasteiger partial charge is 0.335 e. The number of sulfonamides is 1. The number of carboxylic acids is 1. The van der Waals surface area contributed by atoms with Gasteiger partial charge in [0.05, 0.1) is 16.1 Å². The maximum absolute atomic E-state index is 13.2. The molecule has 0 heterocycles. The Bertz CT molecular complexity index is 1390. The SMILES string of the molecule is O=C(O)c1ccc(CCCCCc2ccccc2NS(=O)(=O)c2cccc3ccccc23)cc1. The summed E-state index contributed by atoms with van der Waals surface area (Å²) in [6, 6.07) is 27.3. The second kappa shape index (κ2) is 10.5. The number of para-hydroxylation sites is 1. The minimum atomic E-state index is -3.74. The highest BCUT2D eigenvalue weighted by atomic mass is 32.2. The van der Waals surface area contributed by atoms with Crippen molar-refractivity contribution in [2.24, 2.45) is 0 Å². The first-order valence-electron chi connectivity index (χ1n) is 11.3. The molecule has 0 aliphatic heterocycles. The Labute approximate surface area is 200 Å². The van der Waals surface area contributed by atoms with Crippen molar-refractivity contribution in [2.75, 3.05) is 4.72 Å². The molecule has 0 aliphatic rings. The molecule has 4 aromatic rings. The van der Waals surface area contributed by atoms with E-state index < -0.39 is 16.0 Å². The Morgan fingerprint density at radius 2 is 1.41 bits per heavy atom. The van der Waals surface area contributed by atoms with Crippen LogP contribution in [0.25, 0.3) is 10.8 Å². The van der Waals surface area contributed by atoms with E-state index in [-0.39, 0.29) is 4.90 Å². The third-order valence-corrected chi connectivity index (χ3v) is 7.34. The number of fused-ring (bicyclic) bond motifs is 1. The summed E-state index contributed by atoms with van der Waals surface area (Å²) < 4.78 is 29.2. The molecular formula is C28H27NO4S. The molecule has 0 amide bonds. The molecule has 0 saturated heterocycles. The molecule has 0 bridgehead atoms. The van der Waals surface area contributed by atoms with E-state index >= 15 is 0 Å². The van der Waals surface area contributed by atoms with Gasteiger partial charge in [-0.1, -0.05) is 73.2 Å². The van der Waals surface area contributed by atoms with E-state index in [2.05, 4.69) is 4.72 Å². The number of nitrogens with one attached hydrogen (secondary N) is 1. The van der Waals surface area contributed by atoms with E-state index in [1.807, 2.05) is 66.7 Å². The Kier molecular flexibility index (Phi) is 7.28. The Morgan fingerprint density at radius 1 is 0.735 bits per heavy atom. The minimum Gasteiger partial charge on any atom is -0.478 e. The van der Waals surface area contributed by atoms with Gasteiger partial charge < -0.3 is 5.11 Å². The number of aromatic carboxylic acids is 1. The van der Waals surface area contributed by atoms with E-state index in [1.165, 1.54) is 0 Å². The summed E-state index contributed by atoms with van der Waals surface area (Å²) in [5, 5.41) is 10.6. The van der Waals surface area contributed by atoms with Gasteiger partial charge in [0.15, 0.2) is 0 Å². The summed E-state index contributed by atoms with van der Waals surface area (Å²) in [7, 11) is -3.74. The standard InChI is InChI=1S/C28H27NO4S/c30-28(31)24-19-17-21(18-20-24)9-2-1-3-11-23-12-5-7-15-26(23)29-34(32,33)27-16-8-13-22-10-4-6-14-25(22)27/h4-8,10,12-20,29H,1-3,9,11H2,(H,30,31). The minimum absolute atomic E-state index is 0.273. The largest absolute Gasteiger partial charge is 0.478 e. The molecule has 0 aliphatic carbocycles. The lowest BCUT2D eigenvalue weighted by molar-refractivity contribution is 0.0697. The number of aryl methyl sites for hydroxylation is 2. The fourth-order valence-electron chi connectivity index (χ4n) is 4.10. The van der Waals surface area contributed by atoms with Crippen LogP contribution in [0.5, 0.6) is 0 Å². The van der Waals surface area contributed by atoms with Gasteiger partial charge in [-0.15, -0.1) is 0 Å². The van der Waals surface area contributed by atoms with E-state index in [4.69, 9.17) is 5.11 Å². The van der Waals surface area contributed by atoms with Crippen molar-refractivity contribution in [1.82, 2.24) is 0 Å². The average Bonchev–Trinajstić information content (AvgIpc) is 2.84. The maximum Gasteiger partial charge on any atom is 0.335 e. The van der Waals surface area contributed by atoms with E-state index in [1.54, 1.807) is 24.3 Å². The predicted octanol–water partition coefficient (Wildman–Crippen LogP) is 6.29. The molecule has 5 nitrogen and oxygen atoms in total. The molecule has 4 aromatic carbocycles. The van der Waals surface area contributed by atoms with Crippen LogP contribution in [0.4, 0.5) is 5.69 Å². The van der Waals surface area contributed by atoms with Crippen molar-refractivity contribution >= 4 is 32.5 Å². The third-order valence-electron chi connectivity index (χ3n) is 5.91. The van der Waals surface area contributed by atoms with Crippen LogP contribution in [0.2, 0.25) is 0 Å². The molecule has 0 fully saturated rings. The number of benzene rings is 4. The number of hydrogen-bond donors (Lipinski definition) is 2.